The van der Waals surface area contributed by atoms with Crippen molar-refractivity contribution in [3.63, 3.8) is 0 Å². The van der Waals surface area contributed by atoms with Crippen LogP contribution in [0.25, 0.3) is 0 Å². The average molecular weight is 356 g/mol. The summed E-state index contributed by atoms with van der Waals surface area (Å²) in [5, 5.41) is 3.18. The molecule has 106 valence electrons. The Bertz CT molecular complexity index is 487. The third-order valence-corrected chi connectivity index (χ3v) is 3.50. The number of carbonyl (C=O) groups excluding carboxylic acids is 1. The average Bonchev–Trinajstić information content (AvgIpc) is 2.33. The SMILES string of the molecule is C[C@H]1CN(C(=O)c2cc(F)c(Br)cc2F)CCN1.Cl. The molecule has 1 aromatic carbocycles. The summed E-state index contributed by atoms with van der Waals surface area (Å²) in [7, 11) is 0. The van der Waals surface area contributed by atoms with Crippen molar-refractivity contribution < 1.29 is 13.6 Å². The Morgan fingerprint density at radius 2 is 2.11 bits per heavy atom. The minimum absolute atomic E-state index is 0. The maximum Gasteiger partial charge on any atom is 0.257 e. The largest absolute Gasteiger partial charge is 0.336 e. The predicted molar refractivity (Wildman–Crippen MR) is 74.7 cm³/mol. The highest BCUT2D eigenvalue weighted by Crippen LogP contribution is 2.21. The molecule has 1 aromatic rings. The van der Waals surface area contributed by atoms with Crippen molar-refractivity contribution >= 4 is 34.2 Å². The molecule has 1 amide bonds. The lowest BCUT2D eigenvalue weighted by atomic mass is 10.1. The van der Waals surface area contributed by atoms with E-state index < -0.39 is 17.5 Å². The summed E-state index contributed by atoms with van der Waals surface area (Å²) in [6.45, 7) is 3.60. The van der Waals surface area contributed by atoms with Gasteiger partial charge < -0.3 is 10.2 Å². The fourth-order valence-corrected chi connectivity index (χ4v) is 2.29. The fraction of sp³-hybridized carbons (Fsp3) is 0.417. The lowest BCUT2D eigenvalue weighted by molar-refractivity contribution is 0.0703. The lowest BCUT2D eigenvalue weighted by Gasteiger charge is -2.32. The summed E-state index contributed by atoms with van der Waals surface area (Å²) in [6, 6.07) is 2.08. The first-order valence-electron chi connectivity index (χ1n) is 5.66. The maximum atomic E-state index is 13.7. The number of hydrogen-bond donors (Lipinski definition) is 1. The van der Waals surface area contributed by atoms with Crippen LogP contribution in [0.15, 0.2) is 16.6 Å². The van der Waals surface area contributed by atoms with Crippen LogP contribution in [0.4, 0.5) is 8.78 Å². The number of nitrogens with zero attached hydrogens (tertiary/aromatic N) is 1. The van der Waals surface area contributed by atoms with Crippen molar-refractivity contribution in [2.75, 3.05) is 19.6 Å². The van der Waals surface area contributed by atoms with Crippen molar-refractivity contribution in [2.45, 2.75) is 13.0 Å². The molecule has 0 bridgehead atoms. The van der Waals surface area contributed by atoms with Gasteiger partial charge in [0.05, 0.1) is 10.0 Å². The van der Waals surface area contributed by atoms with Gasteiger partial charge in [0, 0.05) is 25.7 Å². The molecule has 7 heteroatoms. The third kappa shape index (κ3) is 3.64. The van der Waals surface area contributed by atoms with Crippen molar-refractivity contribution in [1.29, 1.82) is 0 Å². The predicted octanol–water partition coefficient (Wildman–Crippen LogP) is 2.58. The molecule has 3 nitrogen and oxygen atoms in total. The Balaban J connectivity index is 0.00000180. The van der Waals surface area contributed by atoms with Crippen LogP contribution in [-0.4, -0.2) is 36.5 Å². The van der Waals surface area contributed by atoms with Crippen LogP contribution in [0.5, 0.6) is 0 Å². The number of halogens is 4. The number of benzene rings is 1. The molecule has 2 rings (SSSR count). The van der Waals surface area contributed by atoms with Gasteiger partial charge in [0.15, 0.2) is 0 Å². The van der Waals surface area contributed by atoms with E-state index in [-0.39, 0.29) is 28.5 Å². The van der Waals surface area contributed by atoms with Crippen LogP contribution in [0.3, 0.4) is 0 Å². The molecule has 0 unspecified atom stereocenters. The van der Waals surface area contributed by atoms with E-state index in [0.29, 0.717) is 19.6 Å². The van der Waals surface area contributed by atoms with Gasteiger partial charge in [-0.1, -0.05) is 0 Å². The van der Waals surface area contributed by atoms with Gasteiger partial charge in [-0.05, 0) is 35.0 Å². The maximum absolute atomic E-state index is 13.7. The van der Waals surface area contributed by atoms with Crippen molar-refractivity contribution in [3.05, 3.63) is 33.8 Å². The molecule has 1 aliphatic heterocycles. The van der Waals surface area contributed by atoms with Crippen molar-refractivity contribution in [2.24, 2.45) is 0 Å². The molecule has 0 aliphatic carbocycles. The second kappa shape index (κ2) is 6.63. The summed E-state index contributed by atoms with van der Waals surface area (Å²) in [4.78, 5) is 13.6. The zero-order valence-electron chi connectivity index (χ0n) is 10.3. The Morgan fingerprint density at radius 1 is 1.42 bits per heavy atom. The van der Waals surface area contributed by atoms with Gasteiger partial charge >= 0.3 is 0 Å². The summed E-state index contributed by atoms with van der Waals surface area (Å²) < 4.78 is 27.1. The quantitative estimate of drug-likeness (QED) is 0.785. The van der Waals surface area contributed by atoms with E-state index in [4.69, 9.17) is 0 Å². The van der Waals surface area contributed by atoms with E-state index in [0.717, 1.165) is 12.1 Å². The molecule has 1 fully saturated rings. The molecule has 0 spiro atoms. The number of carbonyl (C=O) groups is 1. The number of nitrogens with one attached hydrogen (secondary N) is 1. The third-order valence-electron chi connectivity index (χ3n) is 2.90. The Morgan fingerprint density at radius 3 is 2.74 bits per heavy atom. The smallest absolute Gasteiger partial charge is 0.257 e. The minimum Gasteiger partial charge on any atom is -0.336 e. The molecule has 1 aliphatic rings. The fourth-order valence-electron chi connectivity index (χ4n) is 1.97. The van der Waals surface area contributed by atoms with Gasteiger partial charge in [-0.2, -0.15) is 0 Å². The molecular formula is C12H14BrClF2N2O. The first kappa shape index (κ1) is 16.3. The standard InChI is InChI=1S/C12H13BrF2N2O.ClH/c1-7-6-17(3-2-16-7)12(18)8-4-11(15)9(13)5-10(8)14;/h4-5,7,16H,2-3,6H2,1H3;1H/t7-;/m0./s1. The van der Waals surface area contributed by atoms with E-state index in [9.17, 15) is 13.6 Å². The first-order valence-corrected chi connectivity index (χ1v) is 6.45. The van der Waals surface area contributed by atoms with Gasteiger partial charge in [-0.25, -0.2) is 8.78 Å². The number of hydrogen-bond acceptors (Lipinski definition) is 2. The highest BCUT2D eigenvalue weighted by atomic mass is 79.9. The van der Waals surface area contributed by atoms with E-state index >= 15 is 0 Å². The van der Waals surface area contributed by atoms with Gasteiger partial charge in [0.1, 0.15) is 11.6 Å². The normalized spacial score (nSPS) is 18.9. The van der Waals surface area contributed by atoms with E-state index in [2.05, 4.69) is 21.2 Å². The molecule has 1 saturated heterocycles. The summed E-state index contributed by atoms with van der Waals surface area (Å²) >= 11 is 2.88. The van der Waals surface area contributed by atoms with Crippen LogP contribution < -0.4 is 5.32 Å². The molecule has 0 saturated carbocycles. The van der Waals surface area contributed by atoms with Gasteiger partial charge in [-0.3, -0.25) is 4.79 Å². The van der Waals surface area contributed by atoms with Crippen molar-refractivity contribution in [1.82, 2.24) is 10.2 Å². The molecule has 0 radical (unpaired) electrons. The molecule has 1 N–H and O–H groups in total. The Kier molecular flexibility index (Phi) is 5.70. The summed E-state index contributed by atoms with van der Waals surface area (Å²) in [6.07, 6.45) is 0. The summed E-state index contributed by atoms with van der Waals surface area (Å²) in [5.41, 5.74) is -0.218. The van der Waals surface area contributed by atoms with Crippen LogP contribution in [0, 0.1) is 11.6 Å². The zero-order chi connectivity index (χ0) is 13.3. The van der Waals surface area contributed by atoms with E-state index in [1.54, 1.807) is 0 Å². The van der Waals surface area contributed by atoms with E-state index in [1.807, 2.05) is 6.92 Å². The molecular weight excluding hydrogens is 341 g/mol. The van der Waals surface area contributed by atoms with E-state index in [1.165, 1.54) is 4.90 Å². The lowest BCUT2D eigenvalue weighted by Crippen LogP contribution is -2.51. The van der Waals surface area contributed by atoms with Crippen LogP contribution in [0.1, 0.15) is 17.3 Å². The van der Waals surface area contributed by atoms with Gasteiger partial charge in [-0.15, -0.1) is 12.4 Å². The summed E-state index contributed by atoms with van der Waals surface area (Å²) in [5.74, 6) is -1.81. The number of piperazine rings is 1. The second-order valence-corrected chi connectivity index (χ2v) is 5.21. The monoisotopic (exact) mass is 354 g/mol. The highest BCUT2D eigenvalue weighted by molar-refractivity contribution is 9.10. The first-order chi connectivity index (χ1) is 8.49. The highest BCUT2D eigenvalue weighted by Gasteiger charge is 2.24. The molecule has 19 heavy (non-hydrogen) atoms. The van der Waals surface area contributed by atoms with Crippen LogP contribution in [-0.2, 0) is 0 Å². The van der Waals surface area contributed by atoms with Crippen molar-refractivity contribution in [3.8, 4) is 0 Å². The molecule has 1 atom stereocenters. The second-order valence-electron chi connectivity index (χ2n) is 4.35. The van der Waals surface area contributed by atoms with Gasteiger partial charge in [0.25, 0.3) is 5.91 Å². The van der Waals surface area contributed by atoms with Crippen LogP contribution in [0.2, 0.25) is 0 Å². The minimum atomic E-state index is -0.709. The topological polar surface area (TPSA) is 32.3 Å². The molecule has 1 heterocycles. The molecule has 0 aromatic heterocycles. The van der Waals surface area contributed by atoms with Crippen LogP contribution >= 0.6 is 28.3 Å². The zero-order valence-corrected chi connectivity index (χ0v) is 12.7. The Labute approximate surface area is 124 Å². The Hall–Kier alpha value is -0.720. The number of amides is 1. The number of rotatable bonds is 1. The van der Waals surface area contributed by atoms with Gasteiger partial charge in [0.2, 0.25) is 0 Å².